The van der Waals surface area contributed by atoms with E-state index in [4.69, 9.17) is 15.2 Å². The summed E-state index contributed by atoms with van der Waals surface area (Å²) in [7, 11) is 1.36. The molecule has 118 valence electrons. The van der Waals surface area contributed by atoms with Crippen molar-refractivity contribution in [1.82, 2.24) is 4.98 Å². The monoisotopic (exact) mass is 312 g/mol. The van der Waals surface area contributed by atoms with Crippen molar-refractivity contribution in [2.24, 2.45) is 5.73 Å². The average Bonchev–Trinajstić information content (AvgIpc) is 2.57. The zero-order valence-corrected chi connectivity index (χ0v) is 12.8. The lowest BCUT2D eigenvalue weighted by Gasteiger charge is -2.22. The third-order valence-electron chi connectivity index (χ3n) is 3.99. The van der Waals surface area contributed by atoms with E-state index in [1.807, 2.05) is 12.1 Å². The van der Waals surface area contributed by atoms with E-state index in [9.17, 15) is 9.59 Å². The van der Waals surface area contributed by atoms with Gasteiger partial charge < -0.3 is 15.2 Å². The lowest BCUT2D eigenvalue weighted by Crippen LogP contribution is -2.17. The molecule has 0 bridgehead atoms. The molecule has 6 heteroatoms. The number of aromatic nitrogens is 1. The molecule has 1 aromatic heterocycles. The van der Waals surface area contributed by atoms with E-state index in [1.54, 1.807) is 19.1 Å². The molecule has 2 N–H and O–H groups in total. The van der Waals surface area contributed by atoms with Gasteiger partial charge in [0.2, 0.25) is 11.8 Å². The topological polar surface area (TPSA) is 91.5 Å². The highest BCUT2D eigenvalue weighted by Gasteiger charge is 2.24. The minimum atomic E-state index is -0.519. The Morgan fingerprint density at radius 2 is 2.13 bits per heavy atom. The molecule has 6 nitrogen and oxygen atoms in total. The number of amides is 1. The molecule has 1 aromatic carbocycles. The van der Waals surface area contributed by atoms with Crippen LogP contribution in [0.4, 0.5) is 0 Å². The fourth-order valence-electron chi connectivity index (χ4n) is 2.68. The van der Waals surface area contributed by atoms with E-state index in [0.29, 0.717) is 29.2 Å². The van der Waals surface area contributed by atoms with E-state index >= 15 is 0 Å². The maximum absolute atomic E-state index is 11.7. The minimum absolute atomic E-state index is 0.304. The summed E-state index contributed by atoms with van der Waals surface area (Å²) >= 11 is 0. The third kappa shape index (κ3) is 2.63. The number of fused-ring (bicyclic) bond motifs is 2. The number of esters is 1. The van der Waals surface area contributed by atoms with Crippen LogP contribution in [0, 0.1) is 0 Å². The van der Waals surface area contributed by atoms with Crippen LogP contribution in [0.15, 0.2) is 30.5 Å². The molecule has 1 amide bonds. The standard InChI is InChI=1S/C17H16N2O4/c1-9(17(21)22-2)10-3-4-14-11(7-10)8-13-12(15(18)20)5-6-19-16(13)23-14/h3-7,9H,8H2,1-2H3,(H2,18,20). The van der Waals surface area contributed by atoms with Crippen LogP contribution in [-0.2, 0) is 16.0 Å². The summed E-state index contributed by atoms with van der Waals surface area (Å²) in [4.78, 5) is 27.4. The van der Waals surface area contributed by atoms with Gasteiger partial charge in [0, 0.05) is 23.7 Å². The summed E-state index contributed by atoms with van der Waals surface area (Å²) in [6.07, 6.45) is 1.97. The quantitative estimate of drug-likeness (QED) is 0.748. The van der Waals surface area contributed by atoms with Crippen molar-refractivity contribution in [2.45, 2.75) is 19.3 Å². The first-order chi connectivity index (χ1) is 11.0. The van der Waals surface area contributed by atoms with Crippen LogP contribution in [0.25, 0.3) is 0 Å². The molecule has 0 aliphatic carbocycles. The van der Waals surface area contributed by atoms with E-state index in [0.717, 1.165) is 11.1 Å². The first-order valence-electron chi connectivity index (χ1n) is 7.17. The molecule has 1 unspecified atom stereocenters. The van der Waals surface area contributed by atoms with Crippen molar-refractivity contribution in [3.05, 3.63) is 52.7 Å². The van der Waals surface area contributed by atoms with Gasteiger partial charge in [0.15, 0.2) is 0 Å². The van der Waals surface area contributed by atoms with Crippen LogP contribution in [0.2, 0.25) is 0 Å². The summed E-state index contributed by atoms with van der Waals surface area (Å²) < 4.78 is 10.5. The number of primary amides is 1. The summed E-state index contributed by atoms with van der Waals surface area (Å²) in [6, 6.07) is 7.09. The fourth-order valence-corrected chi connectivity index (χ4v) is 2.68. The predicted molar refractivity (Wildman–Crippen MR) is 82.5 cm³/mol. The van der Waals surface area contributed by atoms with Crippen molar-refractivity contribution in [3.63, 3.8) is 0 Å². The van der Waals surface area contributed by atoms with Gasteiger partial charge in [0.25, 0.3) is 0 Å². The summed E-state index contributed by atoms with van der Waals surface area (Å²) in [5, 5.41) is 0. The number of pyridine rings is 1. The molecule has 1 aliphatic rings. The lowest BCUT2D eigenvalue weighted by atomic mass is 9.93. The van der Waals surface area contributed by atoms with Gasteiger partial charge in [0.05, 0.1) is 13.0 Å². The maximum atomic E-state index is 11.7. The Labute approximate surface area is 133 Å². The summed E-state index contributed by atoms with van der Waals surface area (Å²) in [6.45, 7) is 1.78. The van der Waals surface area contributed by atoms with Crippen molar-refractivity contribution < 1.29 is 19.1 Å². The number of carbonyl (C=O) groups is 2. The maximum Gasteiger partial charge on any atom is 0.312 e. The van der Waals surface area contributed by atoms with Gasteiger partial charge >= 0.3 is 5.97 Å². The van der Waals surface area contributed by atoms with Gasteiger partial charge in [-0.15, -0.1) is 0 Å². The molecule has 2 aromatic rings. The fraction of sp³-hybridized carbons (Fsp3) is 0.235. The van der Waals surface area contributed by atoms with Gasteiger partial charge in [-0.25, -0.2) is 4.98 Å². The largest absolute Gasteiger partial charge is 0.469 e. The highest BCUT2D eigenvalue weighted by atomic mass is 16.5. The highest BCUT2D eigenvalue weighted by Crippen LogP contribution is 2.37. The Hall–Kier alpha value is -2.89. The van der Waals surface area contributed by atoms with Crippen LogP contribution in [0.5, 0.6) is 11.6 Å². The number of benzene rings is 1. The molecule has 3 rings (SSSR count). The second kappa shape index (κ2) is 5.72. The molecular weight excluding hydrogens is 296 g/mol. The normalized spacial score (nSPS) is 13.3. The van der Waals surface area contributed by atoms with E-state index < -0.39 is 5.91 Å². The SMILES string of the molecule is COC(=O)C(C)c1ccc2c(c1)Cc1c(C(N)=O)ccnc1O2. The second-order valence-electron chi connectivity index (χ2n) is 5.40. The zero-order valence-electron chi connectivity index (χ0n) is 12.8. The summed E-state index contributed by atoms with van der Waals surface area (Å²) in [5.41, 5.74) is 8.17. The Morgan fingerprint density at radius 1 is 1.35 bits per heavy atom. The number of rotatable bonds is 3. The molecule has 1 atom stereocenters. The first-order valence-corrected chi connectivity index (χ1v) is 7.17. The Bertz CT molecular complexity index is 801. The van der Waals surface area contributed by atoms with Gasteiger partial charge in [0.1, 0.15) is 5.75 Å². The molecule has 23 heavy (non-hydrogen) atoms. The predicted octanol–water partition coefficient (Wildman–Crippen LogP) is 2.15. The number of methoxy groups -OCH3 is 1. The molecule has 0 saturated carbocycles. The molecule has 2 heterocycles. The third-order valence-corrected chi connectivity index (χ3v) is 3.99. The number of hydrogen-bond acceptors (Lipinski definition) is 5. The van der Waals surface area contributed by atoms with Crippen molar-refractivity contribution >= 4 is 11.9 Å². The first kappa shape index (κ1) is 15.0. The Morgan fingerprint density at radius 3 is 2.83 bits per heavy atom. The zero-order chi connectivity index (χ0) is 16.6. The van der Waals surface area contributed by atoms with Crippen LogP contribution in [0.3, 0.4) is 0 Å². The number of hydrogen-bond donors (Lipinski definition) is 1. The highest BCUT2D eigenvalue weighted by molar-refractivity contribution is 5.95. The van der Waals surface area contributed by atoms with Gasteiger partial charge in [-0.1, -0.05) is 12.1 Å². The molecular formula is C17H16N2O4. The number of carbonyl (C=O) groups excluding carboxylic acids is 2. The van der Waals surface area contributed by atoms with Crippen LogP contribution in [0.1, 0.15) is 39.9 Å². The van der Waals surface area contributed by atoms with Crippen molar-refractivity contribution in [1.29, 1.82) is 0 Å². The second-order valence-corrected chi connectivity index (χ2v) is 5.40. The van der Waals surface area contributed by atoms with Crippen molar-refractivity contribution in [2.75, 3.05) is 7.11 Å². The van der Waals surface area contributed by atoms with Crippen molar-refractivity contribution in [3.8, 4) is 11.6 Å². The number of ether oxygens (including phenoxy) is 2. The van der Waals surface area contributed by atoms with Crippen LogP contribution in [-0.4, -0.2) is 24.0 Å². The molecule has 0 radical (unpaired) electrons. The van der Waals surface area contributed by atoms with Crippen LogP contribution < -0.4 is 10.5 Å². The minimum Gasteiger partial charge on any atom is -0.469 e. The number of nitrogens with two attached hydrogens (primary N) is 1. The molecule has 0 fully saturated rings. The van der Waals surface area contributed by atoms with Gasteiger partial charge in [-0.3, -0.25) is 9.59 Å². The van der Waals surface area contributed by atoms with Crippen LogP contribution >= 0.6 is 0 Å². The van der Waals surface area contributed by atoms with Gasteiger partial charge in [-0.05, 0) is 30.2 Å². The lowest BCUT2D eigenvalue weighted by molar-refractivity contribution is -0.141. The number of nitrogens with zero attached hydrogens (tertiary/aromatic N) is 1. The van der Waals surface area contributed by atoms with E-state index in [2.05, 4.69) is 4.98 Å². The molecule has 1 aliphatic heterocycles. The molecule has 0 spiro atoms. The summed E-state index contributed by atoms with van der Waals surface area (Å²) in [5.74, 6) is -0.150. The Balaban J connectivity index is 2.00. The van der Waals surface area contributed by atoms with Gasteiger partial charge in [-0.2, -0.15) is 0 Å². The molecule has 0 saturated heterocycles. The average molecular weight is 312 g/mol. The Kier molecular flexibility index (Phi) is 3.73. The van der Waals surface area contributed by atoms with E-state index in [-0.39, 0.29) is 11.9 Å². The van der Waals surface area contributed by atoms with E-state index in [1.165, 1.54) is 13.3 Å². The smallest absolute Gasteiger partial charge is 0.312 e.